The number of halogens is 1. The second-order valence-corrected chi connectivity index (χ2v) is 8.80. The zero-order valence-electron chi connectivity index (χ0n) is 16.9. The van der Waals surface area contributed by atoms with Crippen LogP contribution in [0.1, 0.15) is 44.7 Å². The summed E-state index contributed by atoms with van der Waals surface area (Å²) >= 11 is 6.05. The largest absolute Gasteiger partial charge is 0.505 e. The van der Waals surface area contributed by atoms with Crippen LogP contribution >= 0.6 is 11.6 Å². The number of phenols is 1. The van der Waals surface area contributed by atoms with E-state index in [1.165, 1.54) is 4.80 Å². The molecule has 2 aromatic carbocycles. The molecule has 0 amide bonds. The number of aromatic hydroxyl groups is 1. The maximum Gasteiger partial charge on any atom is 0.146 e. The molecule has 7 nitrogen and oxygen atoms in total. The molecular formula is C21H27ClN4O3. The molecule has 0 aliphatic rings. The standard InChI is InChI=1S/C21H27ClN4O3/c1-20(2,3)15-10-13(21(23,6-8-27)7-9-28)11-18(19(15)29)26-24-16-5-4-14(22)12-17(16)25-26/h4-5,10-12,27-29H,6-9,23H2,1-3H3. The number of hydrogen-bond acceptors (Lipinski definition) is 6. The van der Waals surface area contributed by atoms with Crippen molar-refractivity contribution in [1.82, 2.24) is 15.0 Å². The Morgan fingerprint density at radius 3 is 2.21 bits per heavy atom. The van der Waals surface area contributed by atoms with Crippen LogP contribution in [0.2, 0.25) is 5.02 Å². The topological polar surface area (TPSA) is 117 Å². The number of nitrogens with two attached hydrogens (primary N) is 1. The number of nitrogens with zero attached hydrogens (tertiary/aromatic N) is 3. The fourth-order valence-corrected chi connectivity index (χ4v) is 3.61. The zero-order chi connectivity index (χ0) is 21.4. The minimum atomic E-state index is -0.957. The molecule has 0 aliphatic carbocycles. The lowest BCUT2D eigenvalue weighted by Crippen LogP contribution is -2.39. The van der Waals surface area contributed by atoms with Crippen molar-refractivity contribution >= 4 is 22.6 Å². The minimum Gasteiger partial charge on any atom is -0.505 e. The third-order valence-corrected chi connectivity index (χ3v) is 5.38. The molecule has 0 saturated carbocycles. The van der Waals surface area contributed by atoms with Gasteiger partial charge in [-0.3, -0.25) is 0 Å². The van der Waals surface area contributed by atoms with Crippen LogP contribution in [-0.4, -0.2) is 43.5 Å². The van der Waals surface area contributed by atoms with E-state index in [0.717, 1.165) is 0 Å². The highest BCUT2D eigenvalue weighted by atomic mass is 35.5. The average molecular weight is 419 g/mol. The average Bonchev–Trinajstić information content (AvgIpc) is 3.04. The summed E-state index contributed by atoms with van der Waals surface area (Å²) in [5.41, 5.74) is 8.22. The van der Waals surface area contributed by atoms with Crippen LogP contribution in [0.5, 0.6) is 5.75 Å². The lowest BCUT2D eigenvalue weighted by atomic mass is 9.79. The van der Waals surface area contributed by atoms with E-state index in [9.17, 15) is 15.3 Å². The van der Waals surface area contributed by atoms with Crippen molar-refractivity contribution in [2.75, 3.05) is 13.2 Å². The Hall–Kier alpha value is -2.19. The maximum atomic E-state index is 11.0. The van der Waals surface area contributed by atoms with Crippen molar-refractivity contribution < 1.29 is 15.3 Å². The van der Waals surface area contributed by atoms with E-state index in [4.69, 9.17) is 17.3 Å². The van der Waals surface area contributed by atoms with E-state index >= 15 is 0 Å². The number of benzene rings is 2. The second kappa shape index (κ2) is 7.91. The first kappa shape index (κ1) is 21.5. The molecule has 0 bridgehead atoms. The van der Waals surface area contributed by atoms with Crippen molar-refractivity contribution in [2.45, 2.75) is 44.6 Å². The van der Waals surface area contributed by atoms with Crippen molar-refractivity contribution in [2.24, 2.45) is 5.73 Å². The van der Waals surface area contributed by atoms with Gasteiger partial charge in [-0.1, -0.05) is 32.4 Å². The monoisotopic (exact) mass is 418 g/mol. The summed E-state index contributed by atoms with van der Waals surface area (Å²) in [6.45, 7) is 5.70. The molecule has 156 valence electrons. The highest BCUT2D eigenvalue weighted by Gasteiger charge is 2.31. The maximum absolute atomic E-state index is 11.0. The first-order chi connectivity index (χ1) is 13.6. The summed E-state index contributed by atoms with van der Waals surface area (Å²) in [5.74, 6) is 0.0583. The Morgan fingerprint density at radius 2 is 1.62 bits per heavy atom. The third-order valence-electron chi connectivity index (χ3n) is 5.15. The van der Waals surface area contributed by atoms with E-state index in [-0.39, 0.29) is 37.2 Å². The number of hydrogen-bond donors (Lipinski definition) is 4. The quantitative estimate of drug-likeness (QED) is 0.488. The van der Waals surface area contributed by atoms with Crippen molar-refractivity contribution in [1.29, 1.82) is 0 Å². The van der Waals surface area contributed by atoms with Gasteiger partial charge in [-0.05, 0) is 54.2 Å². The molecule has 1 aromatic heterocycles. The van der Waals surface area contributed by atoms with Crippen LogP contribution in [0.3, 0.4) is 0 Å². The first-order valence-corrected chi connectivity index (χ1v) is 9.88. The van der Waals surface area contributed by atoms with Gasteiger partial charge in [-0.25, -0.2) is 0 Å². The van der Waals surface area contributed by atoms with Crippen molar-refractivity contribution in [3.8, 4) is 11.4 Å². The number of aromatic nitrogens is 3. The molecule has 0 spiro atoms. The highest BCUT2D eigenvalue weighted by Crippen LogP contribution is 2.39. The predicted molar refractivity (Wildman–Crippen MR) is 114 cm³/mol. The van der Waals surface area contributed by atoms with Gasteiger partial charge in [-0.15, -0.1) is 15.0 Å². The van der Waals surface area contributed by atoms with Crippen LogP contribution < -0.4 is 5.73 Å². The van der Waals surface area contributed by atoms with Gasteiger partial charge < -0.3 is 21.1 Å². The van der Waals surface area contributed by atoms with Gasteiger partial charge in [0.1, 0.15) is 22.5 Å². The Morgan fingerprint density at radius 1 is 1.00 bits per heavy atom. The number of aliphatic hydroxyl groups excluding tert-OH is 2. The van der Waals surface area contributed by atoms with Crippen LogP contribution in [0.4, 0.5) is 0 Å². The van der Waals surface area contributed by atoms with E-state index < -0.39 is 5.54 Å². The molecule has 0 aliphatic heterocycles. The first-order valence-electron chi connectivity index (χ1n) is 9.50. The van der Waals surface area contributed by atoms with Crippen LogP contribution in [0, 0.1) is 0 Å². The normalized spacial score (nSPS) is 12.7. The number of phenolic OH excluding ortho intramolecular Hbond substituents is 1. The number of aliphatic hydroxyl groups is 2. The molecule has 0 radical (unpaired) electrons. The second-order valence-electron chi connectivity index (χ2n) is 8.37. The highest BCUT2D eigenvalue weighted by molar-refractivity contribution is 6.31. The van der Waals surface area contributed by atoms with Gasteiger partial charge >= 0.3 is 0 Å². The Balaban J connectivity index is 2.27. The summed E-state index contributed by atoms with van der Waals surface area (Å²) in [4.78, 5) is 1.37. The Labute approximate surface area is 174 Å². The molecule has 0 unspecified atom stereocenters. The molecule has 3 rings (SSSR count). The van der Waals surface area contributed by atoms with E-state index in [1.807, 2.05) is 26.8 Å². The molecule has 5 N–H and O–H groups in total. The SMILES string of the molecule is CC(C)(C)c1cc(C(N)(CCO)CCO)cc(-n2nc3ccc(Cl)cc3n2)c1O. The Bertz CT molecular complexity index is 1020. The minimum absolute atomic E-state index is 0.0583. The molecule has 0 atom stereocenters. The number of rotatable bonds is 6. The summed E-state index contributed by atoms with van der Waals surface area (Å²) in [6, 6.07) is 8.75. The number of fused-ring (bicyclic) bond motifs is 1. The van der Waals surface area contributed by atoms with Gasteiger partial charge in [0.05, 0.1) is 0 Å². The summed E-state index contributed by atoms with van der Waals surface area (Å²) in [6.07, 6.45) is 0.539. The predicted octanol–water partition coefficient (Wildman–Crippen LogP) is 3.00. The molecule has 0 fully saturated rings. The van der Waals surface area contributed by atoms with Gasteiger partial charge in [0.2, 0.25) is 0 Å². The zero-order valence-corrected chi connectivity index (χ0v) is 17.6. The fourth-order valence-electron chi connectivity index (χ4n) is 3.44. The Kier molecular flexibility index (Phi) is 5.87. The molecule has 1 heterocycles. The molecule has 0 saturated heterocycles. The van der Waals surface area contributed by atoms with Gasteiger partial charge in [0, 0.05) is 29.3 Å². The van der Waals surface area contributed by atoms with E-state index in [1.54, 1.807) is 24.3 Å². The van der Waals surface area contributed by atoms with Crippen LogP contribution in [0.25, 0.3) is 16.7 Å². The summed E-state index contributed by atoms with van der Waals surface area (Å²) < 4.78 is 0. The molecule has 8 heteroatoms. The molecular weight excluding hydrogens is 392 g/mol. The van der Waals surface area contributed by atoms with Gasteiger partial charge in [0.15, 0.2) is 0 Å². The fraction of sp³-hybridized carbons (Fsp3) is 0.429. The molecule has 29 heavy (non-hydrogen) atoms. The third kappa shape index (κ3) is 4.23. The van der Waals surface area contributed by atoms with Crippen molar-refractivity contribution in [3.63, 3.8) is 0 Å². The summed E-state index contributed by atoms with van der Waals surface area (Å²) in [7, 11) is 0. The van der Waals surface area contributed by atoms with Crippen molar-refractivity contribution in [3.05, 3.63) is 46.5 Å². The molecule has 3 aromatic rings. The van der Waals surface area contributed by atoms with Gasteiger partial charge in [0.25, 0.3) is 0 Å². The van der Waals surface area contributed by atoms with Gasteiger partial charge in [-0.2, -0.15) is 0 Å². The lowest BCUT2D eigenvalue weighted by Gasteiger charge is -2.32. The van der Waals surface area contributed by atoms with E-state index in [2.05, 4.69) is 10.2 Å². The van der Waals surface area contributed by atoms with E-state index in [0.29, 0.717) is 32.9 Å². The summed E-state index contributed by atoms with van der Waals surface area (Å²) in [5, 5.41) is 39.6. The smallest absolute Gasteiger partial charge is 0.146 e. The lowest BCUT2D eigenvalue weighted by molar-refractivity contribution is 0.193. The van der Waals surface area contributed by atoms with Crippen LogP contribution in [-0.2, 0) is 11.0 Å². The van der Waals surface area contributed by atoms with Crippen LogP contribution in [0.15, 0.2) is 30.3 Å².